The van der Waals surface area contributed by atoms with Gasteiger partial charge in [0.15, 0.2) is 5.96 Å². The van der Waals surface area contributed by atoms with Gasteiger partial charge in [-0.15, -0.1) is 0 Å². The normalized spacial score (nSPS) is 17.8. The summed E-state index contributed by atoms with van der Waals surface area (Å²) in [6, 6.07) is 1.22. The molecule has 0 unspecified atom stereocenters. The van der Waals surface area contributed by atoms with Gasteiger partial charge in [0.1, 0.15) is 0 Å². The predicted octanol–water partition coefficient (Wildman–Crippen LogP) is 1.82. The van der Waals surface area contributed by atoms with Gasteiger partial charge in [-0.1, -0.05) is 12.8 Å². The molecule has 0 aromatic carbocycles. The molecule has 0 heterocycles. The van der Waals surface area contributed by atoms with Crippen LogP contribution in [0, 0.1) is 0 Å². The molecule has 1 aliphatic carbocycles. The molecule has 1 rings (SSSR count). The SMILES string of the molecule is CCNC(=NCCN(C)C(C)C)NC1CCCC1. The molecule has 0 aromatic heterocycles. The maximum atomic E-state index is 4.65. The van der Waals surface area contributed by atoms with Crippen molar-refractivity contribution in [3.8, 4) is 0 Å². The number of likely N-dealkylation sites (N-methyl/N-ethyl adjacent to an activating group) is 1. The molecular weight excluding hydrogens is 224 g/mol. The van der Waals surface area contributed by atoms with Crippen molar-refractivity contribution >= 4 is 5.96 Å². The number of rotatable bonds is 6. The van der Waals surface area contributed by atoms with Crippen molar-refractivity contribution in [2.24, 2.45) is 4.99 Å². The standard InChI is InChI=1S/C14H30N4/c1-5-15-14(17-13-8-6-7-9-13)16-10-11-18(4)12(2)3/h12-13H,5-11H2,1-4H3,(H2,15,16,17). The smallest absolute Gasteiger partial charge is 0.191 e. The molecule has 106 valence electrons. The maximum absolute atomic E-state index is 4.65. The van der Waals surface area contributed by atoms with Crippen LogP contribution in [0.4, 0.5) is 0 Å². The first-order valence-electron chi connectivity index (χ1n) is 7.38. The Hall–Kier alpha value is -0.770. The zero-order valence-corrected chi connectivity index (χ0v) is 12.5. The van der Waals surface area contributed by atoms with Crippen LogP contribution in [-0.4, -0.2) is 49.6 Å². The molecule has 18 heavy (non-hydrogen) atoms. The van der Waals surface area contributed by atoms with Crippen LogP contribution in [0.3, 0.4) is 0 Å². The van der Waals surface area contributed by atoms with Gasteiger partial charge < -0.3 is 15.5 Å². The van der Waals surface area contributed by atoms with E-state index in [4.69, 9.17) is 0 Å². The van der Waals surface area contributed by atoms with Gasteiger partial charge in [0.25, 0.3) is 0 Å². The Morgan fingerprint density at radius 2 is 2.00 bits per heavy atom. The van der Waals surface area contributed by atoms with Gasteiger partial charge in [-0.05, 0) is 40.7 Å². The fraction of sp³-hybridized carbons (Fsp3) is 0.929. The first-order chi connectivity index (χ1) is 8.63. The molecule has 0 aliphatic heterocycles. The van der Waals surface area contributed by atoms with Crippen molar-refractivity contribution in [1.29, 1.82) is 0 Å². The summed E-state index contributed by atoms with van der Waals surface area (Å²) in [7, 11) is 2.15. The van der Waals surface area contributed by atoms with Gasteiger partial charge in [-0.3, -0.25) is 4.99 Å². The molecule has 2 N–H and O–H groups in total. The quantitative estimate of drug-likeness (QED) is 0.561. The second-order valence-corrected chi connectivity index (χ2v) is 5.46. The van der Waals surface area contributed by atoms with E-state index in [-0.39, 0.29) is 0 Å². The van der Waals surface area contributed by atoms with Crippen molar-refractivity contribution in [3.63, 3.8) is 0 Å². The molecule has 0 spiro atoms. The van der Waals surface area contributed by atoms with E-state index in [9.17, 15) is 0 Å². The molecular formula is C14H30N4. The van der Waals surface area contributed by atoms with Crippen LogP contribution in [0.25, 0.3) is 0 Å². The van der Waals surface area contributed by atoms with Crippen molar-refractivity contribution in [3.05, 3.63) is 0 Å². The van der Waals surface area contributed by atoms with E-state index in [0.29, 0.717) is 12.1 Å². The monoisotopic (exact) mass is 254 g/mol. The molecule has 0 atom stereocenters. The van der Waals surface area contributed by atoms with E-state index in [1.165, 1.54) is 25.7 Å². The lowest BCUT2D eigenvalue weighted by Crippen LogP contribution is -2.42. The zero-order chi connectivity index (χ0) is 13.4. The fourth-order valence-electron chi connectivity index (χ4n) is 2.16. The third-order valence-corrected chi connectivity index (χ3v) is 3.64. The largest absolute Gasteiger partial charge is 0.357 e. The minimum Gasteiger partial charge on any atom is -0.357 e. The van der Waals surface area contributed by atoms with Gasteiger partial charge in [0.2, 0.25) is 0 Å². The Kier molecular flexibility index (Phi) is 7.09. The fourth-order valence-corrected chi connectivity index (χ4v) is 2.16. The lowest BCUT2D eigenvalue weighted by molar-refractivity contribution is 0.282. The highest BCUT2D eigenvalue weighted by molar-refractivity contribution is 5.80. The minimum atomic E-state index is 0.588. The predicted molar refractivity (Wildman–Crippen MR) is 79.1 cm³/mol. The van der Waals surface area contributed by atoms with E-state index in [1.807, 2.05) is 0 Å². The maximum Gasteiger partial charge on any atom is 0.191 e. The van der Waals surface area contributed by atoms with Gasteiger partial charge in [-0.2, -0.15) is 0 Å². The molecule has 1 fully saturated rings. The van der Waals surface area contributed by atoms with E-state index >= 15 is 0 Å². The summed E-state index contributed by atoms with van der Waals surface area (Å²) in [5, 5.41) is 6.87. The summed E-state index contributed by atoms with van der Waals surface area (Å²) in [6.45, 7) is 9.34. The van der Waals surface area contributed by atoms with Gasteiger partial charge in [-0.25, -0.2) is 0 Å². The Morgan fingerprint density at radius 3 is 2.56 bits per heavy atom. The van der Waals surface area contributed by atoms with Crippen molar-refractivity contribution in [2.45, 2.75) is 58.5 Å². The first-order valence-corrected chi connectivity index (χ1v) is 7.38. The Bertz CT molecular complexity index is 244. The van der Waals surface area contributed by atoms with Crippen LogP contribution in [0.2, 0.25) is 0 Å². The Balaban J connectivity index is 2.34. The first kappa shape index (κ1) is 15.3. The van der Waals surface area contributed by atoms with Crippen molar-refractivity contribution < 1.29 is 0 Å². The number of nitrogens with zero attached hydrogens (tertiary/aromatic N) is 2. The molecule has 4 nitrogen and oxygen atoms in total. The van der Waals surface area contributed by atoms with Gasteiger partial charge in [0.05, 0.1) is 6.54 Å². The van der Waals surface area contributed by atoms with Crippen LogP contribution >= 0.6 is 0 Å². The summed E-state index contributed by atoms with van der Waals surface area (Å²) in [4.78, 5) is 6.97. The molecule has 0 saturated heterocycles. The summed E-state index contributed by atoms with van der Waals surface area (Å²) in [6.07, 6.45) is 5.28. The number of nitrogens with one attached hydrogen (secondary N) is 2. The average molecular weight is 254 g/mol. The highest BCUT2D eigenvalue weighted by Crippen LogP contribution is 2.17. The highest BCUT2D eigenvalue weighted by atomic mass is 15.2. The number of hydrogen-bond acceptors (Lipinski definition) is 2. The molecule has 1 aliphatic rings. The molecule has 0 amide bonds. The van der Waals surface area contributed by atoms with Crippen LogP contribution in [0.5, 0.6) is 0 Å². The van der Waals surface area contributed by atoms with Crippen LogP contribution < -0.4 is 10.6 Å². The van der Waals surface area contributed by atoms with Gasteiger partial charge in [0, 0.05) is 25.2 Å². The molecule has 1 saturated carbocycles. The second-order valence-electron chi connectivity index (χ2n) is 5.46. The van der Waals surface area contributed by atoms with Crippen LogP contribution in [0.1, 0.15) is 46.5 Å². The van der Waals surface area contributed by atoms with Crippen molar-refractivity contribution in [1.82, 2.24) is 15.5 Å². The number of guanidine groups is 1. The van der Waals surface area contributed by atoms with Gasteiger partial charge >= 0.3 is 0 Å². The van der Waals surface area contributed by atoms with E-state index in [1.54, 1.807) is 0 Å². The number of aliphatic imine (C=N–C) groups is 1. The Morgan fingerprint density at radius 1 is 1.33 bits per heavy atom. The lowest BCUT2D eigenvalue weighted by Gasteiger charge is -2.21. The van der Waals surface area contributed by atoms with E-state index in [0.717, 1.165) is 25.6 Å². The van der Waals surface area contributed by atoms with E-state index < -0.39 is 0 Å². The average Bonchev–Trinajstić information content (AvgIpc) is 2.81. The topological polar surface area (TPSA) is 39.7 Å². The Labute approximate surface area is 112 Å². The zero-order valence-electron chi connectivity index (χ0n) is 12.5. The minimum absolute atomic E-state index is 0.588. The number of hydrogen-bond donors (Lipinski definition) is 2. The molecule has 4 heteroatoms. The summed E-state index contributed by atoms with van der Waals surface area (Å²) >= 11 is 0. The third-order valence-electron chi connectivity index (χ3n) is 3.64. The van der Waals surface area contributed by atoms with Crippen LogP contribution in [-0.2, 0) is 0 Å². The molecule has 0 aromatic rings. The summed E-state index contributed by atoms with van der Waals surface area (Å²) < 4.78 is 0. The lowest BCUT2D eigenvalue weighted by atomic mass is 10.2. The van der Waals surface area contributed by atoms with E-state index in [2.05, 4.69) is 48.3 Å². The van der Waals surface area contributed by atoms with Crippen molar-refractivity contribution in [2.75, 3.05) is 26.7 Å². The summed E-state index contributed by atoms with van der Waals surface area (Å²) in [5.74, 6) is 0.988. The molecule has 0 bridgehead atoms. The second kappa shape index (κ2) is 8.35. The highest BCUT2D eigenvalue weighted by Gasteiger charge is 2.15. The van der Waals surface area contributed by atoms with Crippen LogP contribution in [0.15, 0.2) is 4.99 Å². The third kappa shape index (κ3) is 5.71. The summed E-state index contributed by atoms with van der Waals surface area (Å²) in [5.41, 5.74) is 0. The molecule has 0 radical (unpaired) electrons.